The van der Waals surface area contributed by atoms with Gasteiger partial charge in [0.1, 0.15) is 11.4 Å². The topological polar surface area (TPSA) is 37.4 Å². The summed E-state index contributed by atoms with van der Waals surface area (Å²) in [6, 6.07) is 4.11. The van der Waals surface area contributed by atoms with E-state index in [0.717, 1.165) is 24.4 Å². The standard InChI is InChI=1S/C17H29N3O/c1-5-10-19-16(15-14(21-4)9-8-11-18-15)17(2,3)20-12-6-7-13-20/h8-9,11,16,19H,5-7,10,12-13H2,1-4H3. The fourth-order valence-electron chi connectivity index (χ4n) is 3.24. The number of nitrogens with one attached hydrogen (secondary N) is 1. The van der Waals surface area contributed by atoms with Crippen molar-refractivity contribution in [2.24, 2.45) is 0 Å². The molecule has 0 spiro atoms. The third-order valence-electron chi connectivity index (χ3n) is 4.52. The third-order valence-corrected chi connectivity index (χ3v) is 4.52. The van der Waals surface area contributed by atoms with Crippen LogP contribution < -0.4 is 10.1 Å². The van der Waals surface area contributed by atoms with Crippen molar-refractivity contribution in [2.75, 3.05) is 26.7 Å². The molecule has 0 saturated carbocycles. The van der Waals surface area contributed by atoms with Gasteiger partial charge in [0.05, 0.1) is 13.2 Å². The van der Waals surface area contributed by atoms with E-state index in [1.807, 2.05) is 18.3 Å². The molecule has 4 heteroatoms. The van der Waals surface area contributed by atoms with Crippen LogP contribution in [-0.4, -0.2) is 42.2 Å². The van der Waals surface area contributed by atoms with Crippen molar-refractivity contribution < 1.29 is 4.74 Å². The van der Waals surface area contributed by atoms with E-state index in [1.165, 1.54) is 25.9 Å². The Bertz CT molecular complexity index is 441. The number of likely N-dealkylation sites (tertiary alicyclic amines) is 1. The maximum atomic E-state index is 5.54. The molecule has 0 radical (unpaired) electrons. The molecular formula is C17H29N3O. The highest BCUT2D eigenvalue weighted by molar-refractivity contribution is 5.31. The van der Waals surface area contributed by atoms with Crippen LogP contribution in [0.1, 0.15) is 51.8 Å². The summed E-state index contributed by atoms with van der Waals surface area (Å²) in [7, 11) is 1.72. The first-order valence-corrected chi connectivity index (χ1v) is 8.08. The molecule has 21 heavy (non-hydrogen) atoms. The van der Waals surface area contributed by atoms with Crippen LogP contribution in [0.3, 0.4) is 0 Å². The normalized spacial score (nSPS) is 17.9. The Morgan fingerprint density at radius 3 is 2.71 bits per heavy atom. The van der Waals surface area contributed by atoms with Crippen molar-refractivity contribution in [3.05, 3.63) is 24.0 Å². The van der Waals surface area contributed by atoms with Gasteiger partial charge in [0.25, 0.3) is 0 Å². The van der Waals surface area contributed by atoms with Crippen molar-refractivity contribution >= 4 is 0 Å². The zero-order valence-electron chi connectivity index (χ0n) is 13.9. The molecule has 1 saturated heterocycles. The van der Waals surface area contributed by atoms with Gasteiger partial charge in [-0.1, -0.05) is 6.92 Å². The average molecular weight is 291 g/mol. The number of pyridine rings is 1. The van der Waals surface area contributed by atoms with Crippen LogP contribution in [-0.2, 0) is 0 Å². The number of aromatic nitrogens is 1. The molecule has 1 N–H and O–H groups in total. The van der Waals surface area contributed by atoms with E-state index < -0.39 is 0 Å². The number of hydrogen-bond acceptors (Lipinski definition) is 4. The van der Waals surface area contributed by atoms with E-state index in [-0.39, 0.29) is 11.6 Å². The highest BCUT2D eigenvalue weighted by Crippen LogP contribution is 2.36. The maximum absolute atomic E-state index is 5.54. The van der Waals surface area contributed by atoms with Gasteiger partial charge in [-0.2, -0.15) is 0 Å². The summed E-state index contributed by atoms with van der Waals surface area (Å²) in [4.78, 5) is 7.20. The van der Waals surface area contributed by atoms with Gasteiger partial charge in [0.2, 0.25) is 0 Å². The summed E-state index contributed by atoms with van der Waals surface area (Å²) in [6.07, 6.45) is 5.56. The number of nitrogens with zero attached hydrogens (tertiary/aromatic N) is 2. The fourth-order valence-corrected chi connectivity index (χ4v) is 3.24. The van der Waals surface area contributed by atoms with Crippen LogP contribution >= 0.6 is 0 Å². The van der Waals surface area contributed by atoms with Crippen LogP contribution in [0.2, 0.25) is 0 Å². The molecule has 0 aromatic carbocycles. The first kappa shape index (κ1) is 16.2. The largest absolute Gasteiger partial charge is 0.495 e. The lowest BCUT2D eigenvalue weighted by Gasteiger charge is -2.42. The van der Waals surface area contributed by atoms with E-state index >= 15 is 0 Å². The number of hydrogen-bond donors (Lipinski definition) is 1. The fraction of sp³-hybridized carbons (Fsp3) is 0.706. The second-order valence-electron chi connectivity index (χ2n) is 6.33. The molecule has 1 aromatic heterocycles. The van der Waals surface area contributed by atoms with Crippen LogP contribution in [0.25, 0.3) is 0 Å². The van der Waals surface area contributed by atoms with E-state index in [4.69, 9.17) is 4.74 Å². The van der Waals surface area contributed by atoms with Gasteiger partial charge in [-0.05, 0) is 64.9 Å². The highest BCUT2D eigenvalue weighted by Gasteiger charge is 2.39. The number of methoxy groups -OCH3 is 1. The molecule has 2 rings (SSSR count). The van der Waals surface area contributed by atoms with E-state index in [9.17, 15) is 0 Å². The summed E-state index contributed by atoms with van der Waals surface area (Å²) in [5.41, 5.74) is 1.04. The predicted molar refractivity (Wildman–Crippen MR) is 86.7 cm³/mol. The summed E-state index contributed by atoms with van der Waals surface area (Å²) in [5, 5.41) is 3.69. The minimum Gasteiger partial charge on any atom is -0.495 e. The van der Waals surface area contributed by atoms with Gasteiger partial charge in [-0.25, -0.2) is 0 Å². The molecule has 2 heterocycles. The summed E-state index contributed by atoms with van der Waals surface area (Å²) >= 11 is 0. The molecule has 0 aliphatic carbocycles. The summed E-state index contributed by atoms with van der Waals surface area (Å²) < 4.78 is 5.54. The monoisotopic (exact) mass is 291 g/mol. The van der Waals surface area contributed by atoms with Crippen molar-refractivity contribution in [3.8, 4) is 5.75 Å². The lowest BCUT2D eigenvalue weighted by atomic mass is 9.89. The summed E-state index contributed by atoms with van der Waals surface area (Å²) in [5.74, 6) is 0.873. The molecule has 1 aliphatic heterocycles. The van der Waals surface area contributed by atoms with Crippen LogP contribution in [0.4, 0.5) is 0 Å². The Labute approximate surface area is 128 Å². The van der Waals surface area contributed by atoms with Crippen LogP contribution in [0, 0.1) is 0 Å². The first-order chi connectivity index (χ1) is 10.1. The van der Waals surface area contributed by atoms with E-state index in [0.29, 0.717) is 0 Å². The Morgan fingerprint density at radius 2 is 2.10 bits per heavy atom. The SMILES string of the molecule is CCCNC(c1ncccc1OC)C(C)(C)N1CCCC1. The molecule has 1 aromatic rings. The smallest absolute Gasteiger partial charge is 0.142 e. The van der Waals surface area contributed by atoms with E-state index in [1.54, 1.807) is 7.11 Å². The zero-order valence-corrected chi connectivity index (χ0v) is 13.9. The Hall–Kier alpha value is -1.13. The Balaban J connectivity index is 2.32. The first-order valence-electron chi connectivity index (χ1n) is 8.08. The average Bonchev–Trinajstić information content (AvgIpc) is 3.03. The third kappa shape index (κ3) is 3.55. The second kappa shape index (κ2) is 7.23. The quantitative estimate of drug-likeness (QED) is 0.838. The van der Waals surface area contributed by atoms with Crippen molar-refractivity contribution in [1.82, 2.24) is 15.2 Å². The Kier molecular flexibility index (Phi) is 5.59. The summed E-state index contributed by atoms with van der Waals surface area (Å²) in [6.45, 7) is 10.2. The van der Waals surface area contributed by atoms with Crippen molar-refractivity contribution in [1.29, 1.82) is 0 Å². The lowest BCUT2D eigenvalue weighted by molar-refractivity contribution is 0.103. The van der Waals surface area contributed by atoms with Gasteiger partial charge in [0.15, 0.2) is 0 Å². The van der Waals surface area contributed by atoms with Gasteiger partial charge in [-0.3, -0.25) is 9.88 Å². The van der Waals surface area contributed by atoms with Crippen molar-refractivity contribution in [3.63, 3.8) is 0 Å². The zero-order chi connectivity index (χ0) is 15.3. The molecule has 1 atom stereocenters. The van der Waals surface area contributed by atoms with Gasteiger partial charge >= 0.3 is 0 Å². The number of ether oxygens (including phenoxy) is 1. The molecule has 0 amide bonds. The van der Waals surface area contributed by atoms with Crippen molar-refractivity contribution in [2.45, 2.75) is 51.6 Å². The van der Waals surface area contributed by atoms with E-state index in [2.05, 4.69) is 36.0 Å². The molecule has 1 fully saturated rings. The molecule has 118 valence electrons. The minimum atomic E-state index is 0.0211. The molecule has 1 aliphatic rings. The highest BCUT2D eigenvalue weighted by atomic mass is 16.5. The lowest BCUT2D eigenvalue weighted by Crippen LogP contribution is -2.52. The molecular weight excluding hydrogens is 262 g/mol. The van der Waals surface area contributed by atoms with Crippen LogP contribution in [0.15, 0.2) is 18.3 Å². The molecule has 0 bridgehead atoms. The van der Waals surface area contributed by atoms with Crippen LogP contribution in [0.5, 0.6) is 5.75 Å². The van der Waals surface area contributed by atoms with Gasteiger partial charge in [-0.15, -0.1) is 0 Å². The molecule has 4 nitrogen and oxygen atoms in total. The van der Waals surface area contributed by atoms with Gasteiger partial charge in [0, 0.05) is 11.7 Å². The second-order valence-corrected chi connectivity index (χ2v) is 6.33. The van der Waals surface area contributed by atoms with Gasteiger partial charge < -0.3 is 10.1 Å². The predicted octanol–water partition coefficient (Wildman–Crippen LogP) is 3.01. The number of rotatable bonds is 7. The Morgan fingerprint density at radius 1 is 1.38 bits per heavy atom. The maximum Gasteiger partial charge on any atom is 0.142 e. The minimum absolute atomic E-state index is 0.0211. The molecule has 1 unspecified atom stereocenters.